The maximum Gasteiger partial charge on any atom is 0.333 e. The van der Waals surface area contributed by atoms with E-state index in [4.69, 9.17) is 0 Å². The fourth-order valence-electron chi connectivity index (χ4n) is 3.58. The largest absolute Gasteiger partial charge is 0.333 e. The first-order chi connectivity index (χ1) is 12.5. The van der Waals surface area contributed by atoms with E-state index in [2.05, 4.69) is 4.98 Å². The van der Waals surface area contributed by atoms with Gasteiger partial charge in [0.25, 0.3) is 5.56 Å². The first kappa shape index (κ1) is 16.4. The number of hydrogen-bond acceptors (Lipinski definition) is 2. The Labute approximate surface area is 150 Å². The van der Waals surface area contributed by atoms with Crippen molar-refractivity contribution in [2.45, 2.75) is 40.3 Å². The molecule has 3 heterocycles. The summed E-state index contributed by atoms with van der Waals surface area (Å²) in [5.74, 6) is 0. The maximum absolute atomic E-state index is 13.1. The standard InChI is InChI=1S/C20H22N4O2/c1-4-10-22-19(25)17-18(21-16-11-13(2)14(3)24(16)17)23(20(22)26)12-15-8-6-5-7-9-15/h5-9,11,21H,4,10,12H2,1-3H3. The Morgan fingerprint density at radius 2 is 1.77 bits per heavy atom. The molecular weight excluding hydrogens is 328 g/mol. The number of aromatic amines is 1. The highest BCUT2D eigenvalue weighted by Gasteiger charge is 2.19. The Balaban J connectivity index is 2.11. The third-order valence-electron chi connectivity index (χ3n) is 5.00. The summed E-state index contributed by atoms with van der Waals surface area (Å²) < 4.78 is 4.96. The number of H-pyrrole nitrogens is 1. The Hall–Kier alpha value is -3.02. The van der Waals surface area contributed by atoms with E-state index in [0.717, 1.165) is 28.9 Å². The van der Waals surface area contributed by atoms with Gasteiger partial charge < -0.3 is 4.98 Å². The van der Waals surface area contributed by atoms with Crippen molar-refractivity contribution < 1.29 is 0 Å². The van der Waals surface area contributed by atoms with Crippen LogP contribution in [-0.4, -0.2) is 18.5 Å². The van der Waals surface area contributed by atoms with E-state index in [1.807, 2.05) is 61.6 Å². The van der Waals surface area contributed by atoms with Crippen molar-refractivity contribution in [2.24, 2.45) is 0 Å². The van der Waals surface area contributed by atoms with Gasteiger partial charge in [0, 0.05) is 12.2 Å². The second-order valence-corrected chi connectivity index (χ2v) is 6.77. The van der Waals surface area contributed by atoms with Crippen molar-refractivity contribution in [3.05, 3.63) is 74.1 Å². The van der Waals surface area contributed by atoms with Gasteiger partial charge in [-0.3, -0.25) is 18.3 Å². The topological polar surface area (TPSA) is 64.2 Å². The predicted molar refractivity (Wildman–Crippen MR) is 103 cm³/mol. The number of aromatic nitrogens is 4. The molecule has 0 radical (unpaired) electrons. The highest BCUT2D eigenvalue weighted by Crippen LogP contribution is 2.20. The Bertz CT molecular complexity index is 1220. The van der Waals surface area contributed by atoms with Gasteiger partial charge in [0.2, 0.25) is 0 Å². The number of fused-ring (bicyclic) bond motifs is 3. The van der Waals surface area contributed by atoms with Crippen LogP contribution in [0.4, 0.5) is 0 Å². The number of benzene rings is 1. The van der Waals surface area contributed by atoms with Crippen LogP contribution in [0, 0.1) is 13.8 Å². The summed E-state index contributed by atoms with van der Waals surface area (Å²) in [4.78, 5) is 29.4. The molecule has 0 saturated carbocycles. The predicted octanol–water partition coefficient (Wildman–Crippen LogP) is 2.82. The van der Waals surface area contributed by atoms with Crippen LogP contribution < -0.4 is 11.2 Å². The van der Waals surface area contributed by atoms with E-state index in [1.54, 1.807) is 4.57 Å². The van der Waals surface area contributed by atoms with Crippen LogP contribution in [0.5, 0.6) is 0 Å². The molecule has 6 nitrogen and oxygen atoms in total. The monoisotopic (exact) mass is 350 g/mol. The number of aryl methyl sites for hydroxylation is 2. The summed E-state index contributed by atoms with van der Waals surface area (Å²) in [7, 11) is 0. The van der Waals surface area contributed by atoms with Crippen molar-refractivity contribution in [2.75, 3.05) is 0 Å². The van der Waals surface area contributed by atoms with Crippen LogP contribution >= 0.6 is 0 Å². The molecule has 1 aromatic carbocycles. The van der Waals surface area contributed by atoms with Crippen molar-refractivity contribution in [3.8, 4) is 0 Å². The quantitative estimate of drug-likeness (QED) is 0.615. The summed E-state index contributed by atoms with van der Waals surface area (Å²) in [6.45, 7) is 6.81. The van der Waals surface area contributed by atoms with Gasteiger partial charge in [-0.25, -0.2) is 4.79 Å². The minimum atomic E-state index is -0.271. The summed E-state index contributed by atoms with van der Waals surface area (Å²) >= 11 is 0. The molecule has 134 valence electrons. The van der Waals surface area contributed by atoms with E-state index in [0.29, 0.717) is 24.3 Å². The van der Waals surface area contributed by atoms with Gasteiger partial charge in [-0.15, -0.1) is 0 Å². The molecule has 3 aromatic heterocycles. The Morgan fingerprint density at radius 1 is 1.04 bits per heavy atom. The van der Waals surface area contributed by atoms with Gasteiger partial charge in [0.1, 0.15) is 11.3 Å². The molecule has 26 heavy (non-hydrogen) atoms. The first-order valence-electron chi connectivity index (χ1n) is 8.90. The molecule has 0 spiro atoms. The average Bonchev–Trinajstić information content (AvgIpc) is 3.13. The van der Waals surface area contributed by atoms with Crippen LogP contribution in [0.25, 0.3) is 16.8 Å². The lowest BCUT2D eigenvalue weighted by Gasteiger charge is -2.12. The normalized spacial score (nSPS) is 11.7. The van der Waals surface area contributed by atoms with Crippen LogP contribution in [0.1, 0.15) is 30.2 Å². The Kier molecular flexibility index (Phi) is 3.83. The number of hydrogen-bond donors (Lipinski definition) is 1. The third-order valence-corrected chi connectivity index (χ3v) is 5.00. The zero-order chi connectivity index (χ0) is 18.4. The lowest BCUT2D eigenvalue weighted by Crippen LogP contribution is -2.40. The molecule has 0 aliphatic rings. The summed E-state index contributed by atoms with van der Waals surface area (Å²) in [6.07, 6.45) is 0.725. The minimum absolute atomic E-state index is 0.235. The zero-order valence-electron chi connectivity index (χ0n) is 15.2. The van der Waals surface area contributed by atoms with Crippen molar-refractivity contribution in [1.29, 1.82) is 0 Å². The third kappa shape index (κ3) is 2.33. The molecule has 4 aromatic rings. The molecule has 0 unspecified atom stereocenters. The summed E-state index contributed by atoms with van der Waals surface area (Å²) in [5.41, 5.74) is 4.58. The highest BCUT2D eigenvalue weighted by molar-refractivity contribution is 5.78. The average molecular weight is 350 g/mol. The van der Waals surface area contributed by atoms with Gasteiger partial charge in [-0.05, 0) is 37.5 Å². The van der Waals surface area contributed by atoms with Gasteiger partial charge in [0.15, 0.2) is 5.52 Å². The van der Waals surface area contributed by atoms with E-state index < -0.39 is 0 Å². The molecule has 0 aliphatic heterocycles. The lowest BCUT2D eigenvalue weighted by molar-refractivity contribution is 0.578. The van der Waals surface area contributed by atoms with Gasteiger partial charge in [0.05, 0.1) is 6.54 Å². The molecule has 0 saturated heterocycles. The van der Waals surface area contributed by atoms with E-state index in [9.17, 15) is 9.59 Å². The Morgan fingerprint density at radius 3 is 2.46 bits per heavy atom. The van der Waals surface area contributed by atoms with E-state index in [1.165, 1.54) is 4.57 Å². The second-order valence-electron chi connectivity index (χ2n) is 6.77. The first-order valence-corrected chi connectivity index (χ1v) is 8.90. The van der Waals surface area contributed by atoms with Crippen LogP contribution in [0.3, 0.4) is 0 Å². The van der Waals surface area contributed by atoms with E-state index >= 15 is 0 Å². The van der Waals surface area contributed by atoms with Gasteiger partial charge in [-0.1, -0.05) is 37.3 Å². The van der Waals surface area contributed by atoms with Crippen molar-refractivity contribution >= 4 is 16.8 Å². The van der Waals surface area contributed by atoms with Crippen LogP contribution in [-0.2, 0) is 13.1 Å². The number of imidazole rings is 1. The minimum Gasteiger partial charge on any atom is -0.325 e. The molecule has 1 N–H and O–H groups in total. The smallest absolute Gasteiger partial charge is 0.325 e. The molecular formula is C20H22N4O2. The molecule has 4 rings (SSSR count). The zero-order valence-corrected chi connectivity index (χ0v) is 15.2. The van der Waals surface area contributed by atoms with Crippen LogP contribution in [0.15, 0.2) is 46.0 Å². The molecule has 6 heteroatoms. The highest BCUT2D eigenvalue weighted by atomic mass is 16.2. The number of rotatable bonds is 4. The van der Waals surface area contributed by atoms with Gasteiger partial charge >= 0.3 is 5.69 Å². The molecule has 0 fully saturated rings. The molecule has 0 aliphatic carbocycles. The number of nitrogens with one attached hydrogen (secondary N) is 1. The van der Waals surface area contributed by atoms with Crippen LogP contribution in [0.2, 0.25) is 0 Å². The SMILES string of the molecule is CCCn1c(=O)c2c([nH]c3cc(C)c(C)n32)n(Cc2ccccc2)c1=O. The molecule has 0 atom stereocenters. The molecule has 0 amide bonds. The molecule has 0 bridgehead atoms. The van der Waals surface area contributed by atoms with E-state index in [-0.39, 0.29) is 11.2 Å². The van der Waals surface area contributed by atoms with Crippen molar-refractivity contribution in [3.63, 3.8) is 0 Å². The fourth-order valence-corrected chi connectivity index (χ4v) is 3.58. The summed E-state index contributed by atoms with van der Waals surface area (Å²) in [6, 6.07) is 11.8. The van der Waals surface area contributed by atoms with Crippen molar-refractivity contribution in [1.82, 2.24) is 18.5 Å². The maximum atomic E-state index is 13.1. The summed E-state index contributed by atoms with van der Waals surface area (Å²) in [5, 5.41) is 0. The number of nitrogens with zero attached hydrogens (tertiary/aromatic N) is 3. The fraction of sp³-hybridized carbons (Fsp3) is 0.300. The van der Waals surface area contributed by atoms with Gasteiger partial charge in [-0.2, -0.15) is 0 Å². The lowest BCUT2D eigenvalue weighted by atomic mass is 10.2. The second kappa shape index (κ2) is 6.05.